The predicted molar refractivity (Wildman–Crippen MR) is 63.2 cm³/mol. The molecule has 0 aliphatic heterocycles. The Balaban J connectivity index is 2.39. The number of benzene rings is 1. The number of nitrogens with two attached hydrogens (primary N) is 1. The van der Waals surface area contributed by atoms with Crippen LogP contribution in [0.5, 0.6) is 5.75 Å². The van der Waals surface area contributed by atoms with Crippen LogP contribution in [0.25, 0.3) is 0 Å². The predicted octanol–water partition coefficient (Wildman–Crippen LogP) is 2.42. The summed E-state index contributed by atoms with van der Waals surface area (Å²) in [4.78, 5) is 3.84. The first-order valence-corrected chi connectivity index (χ1v) is 5.33. The van der Waals surface area contributed by atoms with Gasteiger partial charge < -0.3 is 10.5 Å². The molecule has 2 rings (SSSR count). The van der Waals surface area contributed by atoms with Crippen molar-refractivity contribution in [2.75, 3.05) is 7.11 Å². The van der Waals surface area contributed by atoms with Crippen molar-refractivity contribution in [1.29, 1.82) is 0 Å². The molecule has 3 nitrogen and oxygen atoms in total. The molecular formula is C13H12F2N2O. The summed E-state index contributed by atoms with van der Waals surface area (Å²) >= 11 is 0. The minimum absolute atomic E-state index is 0.116. The SMILES string of the molecule is COc1cccc(C(N)c2ccc(F)cn2)c1F. The van der Waals surface area contributed by atoms with E-state index in [1.165, 1.54) is 25.3 Å². The lowest BCUT2D eigenvalue weighted by Gasteiger charge is -2.14. The van der Waals surface area contributed by atoms with Crippen LogP contribution in [-0.2, 0) is 0 Å². The fraction of sp³-hybridized carbons (Fsp3) is 0.154. The van der Waals surface area contributed by atoms with E-state index in [4.69, 9.17) is 10.5 Å². The summed E-state index contributed by atoms with van der Waals surface area (Å²) in [6, 6.07) is 6.59. The average molecular weight is 250 g/mol. The number of methoxy groups -OCH3 is 1. The van der Waals surface area contributed by atoms with Crippen LogP contribution in [0.15, 0.2) is 36.5 Å². The summed E-state index contributed by atoms with van der Waals surface area (Å²) in [5, 5.41) is 0. The van der Waals surface area contributed by atoms with Crippen molar-refractivity contribution in [3.63, 3.8) is 0 Å². The molecule has 0 spiro atoms. The highest BCUT2D eigenvalue weighted by molar-refractivity contribution is 5.36. The van der Waals surface area contributed by atoms with Gasteiger partial charge in [-0.1, -0.05) is 12.1 Å². The van der Waals surface area contributed by atoms with E-state index in [0.29, 0.717) is 5.69 Å². The van der Waals surface area contributed by atoms with Crippen molar-refractivity contribution in [1.82, 2.24) is 4.98 Å². The van der Waals surface area contributed by atoms with Crippen molar-refractivity contribution >= 4 is 0 Å². The van der Waals surface area contributed by atoms with Crippen molar-refractivity contribution < 1.29 is 13.5 Å². The zero-order chi connectivity index (χ0) is 13.1. The molecule has 0 radical (unpaired) electrons. The molecule has 2 aromatic rings. The second-order valence-corrected chi connectivity index (χ2v) is 3.74. The molecule has 1 aromatic carbocycles. The molecule has 1 atom stereocenters. The lowest BCUT2D eigenvalue weighted by Crippen LogP contribution is -2.15. The molecule has 1 heterocycles. The highest BCUT2D eigenvalue weighted by Gasteiger charge is 2.17. The minimum Gasteiger partial charge on any atom is -0.494 e. The normalized spacial score (nSPS) is 12.2. The molecule has 18 heavy (non-hydrogen) atoms. The molecule has 0 bridgehead atoms. The van der Waals surface area contributed by atoms with E-state index in [9.17, 15) is 8.78 Å². The fourth-order valence-electron chi connectivity index (χ4n) is 1.66. The molecule has 0 amide bonds. The summed E-state index contributed by atoms with van der Waals surface area (Å²) in [7, 11) is 1.38. The second kappa shape index (κ2) is 5.10. The quantitative estimate of drug-likeness (QED) is 0.910. The maximum absolute atomic E-state index is 14.0. The number of rotatable bonds is 3. The highest BCUT2D eigenvalue weighted by atomic mass is 19.1. The zero-order valence-corrected chi connectivity index (χ0v) is 9.73. The first-order valence-electron chi connectivity index (χ1n) is 5.33. The Morgan fingerprint density at radius 2 is 2.00 bits per heavy atom. The van der Waals surface area contributed by atoms with Gasteiger partial charge in [0, 0.05) is 5.56 Å². The van der Waals surface area contributed by atoms with Crippen LogP contribution in [0.2, 0.25) is 0 Å². The molecule has 5 heteroatoms. The first kappa shape index (κ1) is 12.4. The van der Waals surface area contributed by atoms with Gasteiger partial charge in [-0.25, -0.2) is 8.78 Å². The number of hydrogen-bond acceptors (Lipinski definition) is 3. The highest BCUT2D eigenvalue weighted by Crippen LogP contribution is 2.26. The fourth-order valence-corrected chi connectivity index (χ4v) is 1.66. The van der Waals surface area contributed by atoms with E-state index >= 15 is 0 Å². The zero-order valence-electron chi connectivity index (χ0n) is 9.73. The van der Waals surface area contributed by atoms with Crippen molar-refractivity contribution in [2.45, 2.75) is 6.04 Å². The molecule has 0 saturated carbocycles. The molecule has 0 aliphatic rings. The first-order chi connectivity index (χ1) is 8.63. The summed E-state index contributed by atoms with van der Waals surface area (Å²) in [5.74, 6) is -0.874. The van der Waals surface area contributed by atoms with Crippen LogP contribution in [0.3, 0.4) is 0 Å². The number of pyridine rings is 1. The molecular weight excluding hydrogens is 238 g/mol. The van der Waals surface area contributed by atoms with Gasteiger partial charge in [0.2, 0.25) is 0 Å². The topological polar surface area (TPSA) is 48.1 Å². The van der Waals surface area contributed by atoms with Gasteiger partial charge in [0.15, 0.2) is 11.6 Å². The summed E-state index contributed by atoms with van der Waals surface area (Å²) in [6.45, 7) is 0. The van der Waals surface area contributed by atoms with Gasteiger partial charge in [-0.2, -0.15) is 0 Å². The maximum atomic E-state index is 14.0. The Labute approximate surface area is 103 Å². The van der Waals surface area contributed by atoms with Crippen LogP contribution < -0.4 is 10.5 Å². The van der Waals surface area contributed by atoms with Crippen LogP contribution in [0.4, 0.5) is 8.78 Å². The molecule has 1 aromatic heterocycles. The van der Waals surface area contributed by atoms with E-state index in [1.54, 1.807) is 12.1 Å². The number of halogens is 2. The van der Waals surface area contributed by atoms with Crippen molar-refractivity contribution in [3.8, 4) is 5.75 Å². The van der Waals surface area contributed by atoms with Gasteiger partial charge in [-0.05, 0) is 18.2 Å². The van der Waals surface area contributed by atoms with E-state index in [2.05, 4.69) is 4.98 Å². The van der Waals surface area contributed by atoms with Gasteiger partial charge in [0.05, 0.1) is 25.0 Å². The Hall–Kier alpha value is -2.01. The van der Waals surface area contributed by atoms with Crippen LogP contribution in [0, 0.1) is 11.6 Å². The molecule has 1 unspecified atom stereocenters. The van der Waals surface area contributed by atoms with Crippen LogP contribution in [0.1, 0.15) is 17.3 Å². The van der Waals surface area contributed by atoms with E-state index < -0.39 is 17.7 Å². The molecule has 0 fully saturated rings. The molecule has 94 valence electrons. The van der Waals surface area contributed by atoms with Gasteiger partial charge in [0.1, 0.15) is 5.82 Å². The lowest BCUT2D eigenvalue weighted by molar-refractivity contribution is 0.383. The standard InChI is InChI=1S/C13H12F2N2O/c1-18-11-4-2-3-9(12(11)15)13(16)10-6-5-8(14)7-17-10/h2-7,13H,16H2,1H3. The third kappa shape index (κ3) is 2.31. The largest absolute Gasteiger partial charge is 0.494 e. The number of nitrogens with zero attached hydrogens (tertiary/aromatic N) is 1. The second-order valence-electron chi connectivity index (χ2n) is 3.74. The van der Waals surface area contributed by atoms with E-state index in [1.807, 2.05) is 0 Å². The summed E-state index contributed by atoms with van der Waals surface area (Å²) in [5.41, 5.74) is 6.56. The van der Waals surface area contributed by atoms with Crippen LogP contribution >= 0.6 is 0 Å². The number of hydrogen-bond donors (Lipinski definition) is 1. The third-order valence-corrected chi connectivity index (χ3v) is 2.62. The number of ether oxygens (including phenoxy) is 1. The Bertz CT molecular complexity index is 543. The van der Waals surface area contributed by atoms with Crippen LogP contribution in [-0.4, -0.2) is 12.1 Å². The summed E-state index contributed by atoms with van der Waals surface area (Å²) < 4.78 is 31.6. The maximum Gasteiger partial charge on any atom is 0.170 e. The minimum atomic E-state index is -0.763. The molecule has 0 aliphatic carbocycles. The molecule has 2 N–H and O–H groups in total. The van der Waals surface area contributed by atoms with Gasteiger partial charge in [-0.15, -0.1) is 0 Å². The van der Waals surface area contributed by atoms with E-state index in [-0.39, 0.29) is 11.3 Å². The smallest absolute Gasteiger partial charge is 0.170 e. The Kier molecular flexibility index (Phi) is 3.53. The van der Waals surface area contributed by atoms with E-state index in [0.717, 1.165) is 6.20 Å². The third-order valence-electron chi connectivity index (χ3n) is 2.62. The van der Waals surface area contributed by atoms with Crippen molar-refractivity contribution in [3.05, 3.63) is 59.4 Å². The summed E-state index contributed by atoms with van der Waals surface area (Å²) in [6.07, 6.45) is 1.05. The number of aromatic nitrogens is 1. The van der Waals surface area contributed by atoms with Gasteiger partial charge in [-0.3, -0.25) is 4.98 Å². The van der Waals surface area contributed by atoms with Gasteiger partial charge >= 0.3 is 0 Å². The Morgan fingerprint density at radius 1 is 1.22 bits per heavy atom. The van der Waals surface area contributed by atoms with Gasteiger partial charge in [0.25, 0.3) is 0 Å². The average Bonchev–Trinajstić information content (AvgIpc) is 2.39. The Morgan fingerprint density at radius 3 is 2.61 bits per heavy atom. The van der Waals surface area contributed by atoms with Crippen molar-refractivity contribution in [2.24, 2.45) is 5.73 Å². The monoisotopic (exact) mass is 250 g/mol. The molecule has 0 saturated heterocycles. The lowest BCUT2D eigenvalue weighted by atomic mass is 10.0.